The number of nitrogens with zero attached hydrogens (tertiary/aromatic N) is 1. The number of carbonyl (C=O) groups is 1. The third kappa shape index (κ3) is 3.59. The summed E-state index contributed by atoms with van der Waals surface area (Å²) in [7, 11) is 0. The third-order valence-electron chi connectivity index (χ3n) is 4.30. The van der Waals surface area contributed by atoms with Gasteiger partial charge in [0.15, 0.2) is 0 Å². The number of piperazine rings is 1. The Morgan fingerprint density at radius 2 is 1.79 bits per heavy atom. The van der Waals surface area contributed by atoms with Crippen molar-refractivity contribution in [1.29, 1.82) is 0 Å². The van der Waals surface area contributed by atoms with E-state index in [2.05, 4.69) is 11.4 Å². The molecule has 1 amide bonds. The summed E-state index contributed by atoms with van der Waals surface area (Å²) in [6.07, 6.45) is 0. The fourth-order valence-corrected chi connectivity index (χ4v) is 3.54. The number of benzene rings is 2. The summed E-state index contributed by atoms with van der Waals surface area (Å²) in [6, 6.07) is 11.5. The van der Waals surface area contributed by atoms with Gasteiger partial charge in [-0.15, -0.1) is 0 Å². The van der Waals surface area contributed by atoms with Crippen LogP contribution in [0.25, 0.3) is 0 Å². The lowest BCUT2D eigenvalue weighted by atomic mass is 10.0. The minimum atomic E-state index is -0.0539. The van der Waals surface area contributed by atoms with Gasteiger partial charge >= 0.3 is 0 Å². The largest absolute Gasteiger partial charge is 0.329 e. The van der Waals surface area contributed by atoms with Gasteiger partial charge in [-0.2, -0.15) is 0 Å². The molecule has 2 aromatic rings. The molecule has 0 aromatic heterocycles. The number of carbonyl (C=O) groups excluding carboxylic acids is 1. The minimum absolute atomic E-state index is 0.0539. The average Bonchev–Trinajstić information content (AvgIpc) is 2.56. The van der Waals surface area contributed by atoms with E-state index in [4.69, 9.17) is 23.2 Å². The highest BCUT2D eigenvalue weighted by molar-refractivity contribution is 6.42. The highest BCUT2D eigenvalue weighted by Gasteiger charge is 2.29. The van der Waals surface area contributed by atoms with Crippen LogP contribution in [0.3, 0.4) is 0 Å². The normalized spacial score (nSPS) is 17.8. The molecule has 0 aliphatic carbocycles. The van der Waals surface area contributed by atoms with Crippen molar-refractivity contribution in [2.75, 3.05) is 19.6 Å². The van der Waals surface area contributed by atoms with E-state index in [0.29, 0.717) is 23.1 Å². The molecule has 126 valence electrons. The topological polar surface area (TPSA) is 32.3 Å². The first-order valence-electron chi connectivity index (χ1n) is 8.00. The van der Waals surface area contributed by atoms with Gasteiger partial charge in [0.2, 0.25) is 0 Å². The van der Waals surface area contributed by atoms with Crippen molar-refractivity contribution in [2.45, 2.75) is 19.9 Å². The number of amides is 1. The first-order valence-corrected chi connectivity index (χ1v) is 8.76. The summed E-state index contributed by atoms with van der Waals surface area (Å²) in [4.78, 5) is 15.0. The SMILES string of the molecule is Cc1cc(C)cc(C(=O)N2CCNCC2c2ccc(Cl)c(Cl)c2)c1. The quantitative estimate of drug-likeness (QED) is 0.858. The van der Waals surface area contributed by atoms with E-state index in [0.717, 1.165) is 28.8 Å². The molecule has 1 atom stereocenters. The van der Waals surface area contributed by atoms with Crippen LogP contribution in [0.2, 0.25) is 10.0 Å². The zero-order valence-corrected chi connectivity index (χ0v) is 15.3. The van der Waals surface area contributed by atoms with Crippen LogP contribution in [0.15, 0.2) is 36.4 Å². The highest BCUT2D eigenvalue weighted by Crippen LogP contribution is 2.30. The van der Waals surface area contributed by atoms with Gasteiger partial charge in [0.05, 0.1) is 16.1 Å². The molecule has 5 heteroatoms. The zero-order valence-electron chi connectivity index (χ0n) is 13.8. The molecule has 1 aliphatic rings. The fourth-order valence-electron chi connectivity index (χ4n) is 3.23. The van der Waals surface area contributed by atoms with Crippen LogP contribution in [0.1, 0.15) is 33.1 Å². The maximum Gasteiger partial charge on any atom is 0.254 e. The molecule has 1 unspecified atom stereocenters. The van der Waals surface area contributed by atoms with Gasteiger partial charge in [0.1, 0.15) is 0 Å². The molecule has 1 heterocycles. The predicted molar refractivity (Wildman–Crippen MR) is 99.0 cm³/mol. The number of hydrogen-bond acceptors (Lipinski definition) is 2. The Balaban J connectivity index is 1.94. The zero-order chi connectivity index (χ0) is 17.3. The molecule has 3 rings (SSSR count). The van der Waals surface area contributed by atoms with Crippen LogP contribution < -0.4 is 5.32 Å². The lowest BCUT2D eigenvalue weighted by Crippen LogP contribution is -2.48. The van der Waals surface area contributed by atoms with Crippen LogP contribution in [-0.4, -0.2) is 30.4 Å². The lowest BCUT2D eigenvalue weighted by molar-refractivity contribution is 0.0634. The standard InChI is InChI=1S/C19H20Cl2N2O/c1-12-7-13(2)9-15(8-12)19(24)23-6-5-22-11-18(23)14-3-4-16(20)17(21)10-14/h3-4,7-10,18,22H,5-6,11H2,1-2H3. The Bertz CT molecular complexity index is 756. The average molecular weight is 363 g/mol. The van der Waals surface area contributed by atoms with E-state index < -0.39 is 0 Å². The summed E-state index contributed by atoms with van der Waals surface area (Å²) in [5.41, 5.74) is 3.92. The second-order valence-electron chi connectivity index (χ2n) is 6.27. The second kappa shape index (κ2) is 7.14. The molecule has 0 bridgehead atoms. The van der Waals surface area contributed by atoms with Gasteiger partial charge in [0.25, 0.3) is 5.91 Å². The van der Waals surface area contributed by atoms with Crippen LogP contribution in [0, 0.1) is 13.8 Å². The number of hydrogen-bond donors (Lipinski definition) is 1. The van der Waals surface area contributed by atoms with Gasteiger partial charge < -0.3 is 10.2 Å². The third-order valence-corrected chi connectivity index (χ3v) is 5.04. The molecule has 1 aliphatic heterocycles. The van der Waals surface area contributed by atoms with Gasteiger partial charge in [-0.05, 0) is 43.7 Å². The van der Waals surface area contributed by atoms with Crippen molar-refractivity contribution >= 4 is 29.1 Å². The first-order chi connectivity index (χ1) is 11.5. The van der Waals surface area contributed by atoms with Crippen molar-refractivity contribution in [3.8, 4) is 0 Å². The lowest BCUT2D eigenvalue weighted by Gasteiger charge is -2.37. The first kappa shape index (κ1) is 17.3. The number of aryl methyl sites for hydroxylation is 2. The van der Waals surface area contributed by atoms with E-state index in [1.54, 1.807) is 6.07 Å². The maximum atomic E-state index is 13.1. The monoisotopic (exact) mass is 362 g/mol. The number of nitrogens with one attached hydrogen (secondary N) is 1. The molecule has 24 heavy (non-hydrogen) atoms. The van der Waals surface area contributed by atoms with E-state index in [1.165, 1.54) is 0 Å². The molecule has 0 saturated carbocycles. The second-order valence-corrected chi connectivity index (χ2v) is 7.08. The summed E-state index contributed by atoms with van der Waals surface area (Å²) >= 11 is 12.2. The molecule has 1 saturated heterocycles. The van der Waals surface area contributed by atoms with Crippen LogP contribution in [0.4, 0.5) is 0 Å². The van der Waals surface area contributed by atoms with E-state index in [1.807, 2.05) is 43.0 Å². The fraction of sp³-hybridized carbons (Fsp3) is 0.316. The molecule has 0 spiro atoms. The van der Waals surface area contributed by atoms with Crippen molar-refractivity contribution in [1.82, 2.24) is 10.2 Å². The Kier molecular flexibility index (Phi) is 5.14. The molecule has 1 N–H and O–H groups in total. The Morgan fingerprint density at radius 3 is 2.46 bits per heavy atom. The van der Waals surface area contributed by atoms with E-state index in [9.17, 15) is 4.79 Å². The molecule has 0 radical (unpaired) electrons. The smallest absolute Gasteiger partial charge is 0.254 e. The Morgan fingerprint density at radius 1 is 1.08 bits per heavy atom. The van der Waals surface area contributed by atoms with Crippen molar-refractivity contribution in [3.05, 3.63) is 68.7 Å². The van der Waals surface area contributed by atoms with E-state index in [-0.39, 0.29) is 11.9 Å². The van der Waals surface area contributed by atoms with Gasteiger partial charge in [-0.3, -0.25) is 4.79 Å². The van der Waals surface area contributed by atoms with Crippen molar-refractivity contribution < 1.29 is 4.79 Å². The van der Waals surface area contributed by atoms with Crippen molar-refractivity contribution in [3.63, 3.8) is 0 Å². The molecular weight excluding hydrogens is 343 g/mol. The summed E-state index contributed by atoms with van der Waals surface area (Å²) in [5.74, 6) is 0.0550. The van der Waals surface area contributed by atoms with E-state index >= 15 is 0 Å². The predicted octanol–water partition coefficient (Wildman–Crippen LogP) is 4.40. The number of halogens is 2. The van der Waals surface area contributed by atoms with Gasteiger partial charge in [0, 0.05) is 25.2 Å². The van der Waals surface area contributed by atoms with Gasteiger partial charge in [-0.25, -0.2) is 0 Å². The van der Waals surface area contributed by atoms with Crippen LogP contribution >= 0.6 is 23.2 Å². The van der Waals surface area contributed by atoms with Crippen LogP contribution in [0.5, 0.6) is 0 Å². The Hall–Kier alpha value is -1.55. The molecule has 1 fully saturated rings. The Labute approximate surface area is 152 Å². The van der Waals surface area contributed by atoms with Crippen LogP contribution in [-0.2, 0) is 0 Å². The van der Waals surface area contributed by atoms with Gasteiger partial charge in [-0.1, -0.05) is 46.5 Å². The molecule has 3 nitrogen and oxygen atoms in total. The summed E-state index contributed by atoms with van der Waals surface area (Å²) in [6.45, 7) is 6.18. The van der Waals surface area contributed by atoms with Crippen molar-refractivity contribution in [2.24, 2.45) is 0 Å². The molecule has 2 aromatic carbocycles. The number of rotatable bonds is 2. The molecular formula is C19H20Cl2N2O. The minimum Gasteiger partial charge on any atom is -0.329 e. The maximum absolute atomic E-state index is 13.1. The summed E-state index contributed by atoms with van der Waals surface area (Å²) < 4.78 is 0. The highest BCUT2D eigenvalue weighted by atomic mass is 35.5. The summed E-state index contributed by atoms with van der Waals surface area (Å²) in [5, 5.41) is 4.39.